The molecule has 0 bridgehead atoms. The van der Waals surface area contributed by atoms with E-state index < -0.39 is 46.8 Å². The second kappa shape index (κ2) is 23.4. The van der Waals surface area contributed by atoms with Crippen molar-refractivity contribution in [3.05, 3.63) is 125 Å². The summed E-state index contributed by atoms with van der Waals surface area (Å²) in [4.78, 5) is 96.8. The largest absolute Gasteiger partial charge is 0.495 e. The number of piperidine rings is 2. The Balaban J connectivity index is 0.784. The van der Waals surface area contributed by atoms with E-state index in [-0.39, 0.29) is 60.1 Å². The van der Waals surface area contributed by atoms with Crippen LogP contribution in [0.25, 0.3) is 33.5 Å². The summed E-state index contributed by atoms with van der Waals surface area (Å²) >= 11 is 0. The SMILES string of the molecule is CCN(CC(=O)OC(C)(C)c1ccc(C(=O)Nc2cc(F)cc(-c3ncnc4[nH]c(-c5ccc(CCN6CCC7(CC6)CCN(C(=O)c6ccc(OC)c(N8CCC(=O)NC8=O)c6)CC7)cc5)cc34)c2C)c(F)c1)C(=O)OC(C)(C)C. The summed E-state index contributed by atoms with van der Waals surface area (Å²) < 4.78 is 47.8. The number of likely N-dealkylation sites (N-methyl/N-ethyl adjacent to an activating group) is 1. The Morgan fingerprint density at radius 1 is 0.840 bits per heavy atom. The molecule has 0 radical (unpaired) electrons. The predicted molar refractivity (Wildman–Crippen MR) is 302 cm³/mol. The molecule has 0 unspecified atom stereocenters. The number of carbonyl (C=O) groups is 6. The molecule has 2 aromatic heterocycles. The minimum absolute atomic E-state index is 0.0845. The van der Waals surface area contributed by atoms with Crippen LogP contribution in [0.1, 0.15) is 111 Å². The number of benzene rings is 4. The first-order valence-corrected chi connectivity index (χ1v) is 27.4. The van der Waals surface area contributed by atoms with Gasteiger partial charge in [0.1, 0.15) is 47.1 Å². The van der Waals surface area contributed by atoms with Crippen LogP contribution in [0.4, 0.5) is 29.7 Å². The highest BCUT2D eigenvalue weighted by Gasteiger charge is 2.39. The van der Waals surface area contributed by atoms with Gasteiger partial charge in [0.2, 0.25) is 5.91 Å². The summed E-state index contributed by atoms with van der Waals surface area (Å²) in [7, 11) is 1.51. The first-order chi connectivity index (χ1) is 38.5. The molecule has 3 fully saturated rings. The third kappa shape index (κ3) is 13.0. The normalized spacial score (nSPS) is 15.8. The number of rotatable bonds is 15. The third-order valence-corrected chi connectivity index (χ3v) is 15.7. The maximum atomic E-state index is 15.8. The van der Waals surface area contributed by atoms with Gasteiger partial charge in [0, 0.05) is 67.0 Å². The zero-order chi connectivity index (χ0) is 58.0. The number of anilines is 2. The molecule has 81 heavy (non-hydrogen) atoms. The molecular formula is C61H69F2N9O9. The molecule has 0 aliphatic carbocycles. The number of ether oxygens (including phenoxy) is 3. The number of hydrogen-bond acceptors (Lipinski definition) is 12. The van der Waals surface area contributed by atoms with Crippen molar-refractivity contribution < 1.29 is 51.8 Å². The van der Waals surface area contributed by atoms with Crippen molar-refractivity contribution >= 4 is 58.2 Å². The standard InChI is InChI=1S/C61H69F2N9O9/c1-9-70(58(78)81-59(3,4)5)35-52(74)80-60(6,7)41-15-16-43(46(63)31-41)55(75)67-47-33-42(62)32-44(37(47)2)53-45-34-48(66-54(45)65-36-64-53)39-12-10-38(11-13-39)18-24-69-26-20-61(21-27-69)22-28-71(29-23-61)56(76)40-14-17-50(79-8)49(30-40)72-25-19-51(73)68-57(72)77/h10-17,30-34,36H,9,18-29,35H2,1-8H3,(H,67,75)(H,64,65,66)(H,68,73,77). The van der Waals surface area contributed by atoms with Gasteiger partial charge in [0.05, 0.1) is 24.1 Å². The number of aromatic amines is 1. The summed E-state index contributed by atoms with van der Waals surface area (Å²) in [6.07, 6.45) is 5.75. The van der Waals surface area contributed by atoms with Gasteiger partial charge >= 0.3 is 18.1 Å². The number of likely N-dealkylation sites (tertiary alicyclic amines) is 2. The van der Waals surface area contributed by atoms with E-state index in [9.17, 15) is 28.8 Å². The average molecular weight is 1110 g/mol. The van der Waals surface area contributed by atoms with Crippen LogP contribution in [0.3, 0.4) is 0 Å². The van der Waals surface area contributed by atoms with E-state index in [0.717, 1.165) is 75.1 Å². The zero-order valence-corrected chi connectivity index (χ0v) is 47.1. The number of nitrogens with zero attached hydrogens (tertiary/aromatic N) is 6. The van der Waals surface area contributed by atoms with E-state index in [2.05, 4.69) is 54.8 Å². The van der Waals surface area contributed by atoms with Gasteiger partial charge in [-0.3, -0.25) is 34.3 Å². The first kappa shape index (κ1) is 57.4. The van der Waals surface area contributed by atoms with E-state index in [1.165, 1.54) is 47.0 Å². The number of fused-ring (bicyclic) bond motifs is 1. The van der Waals surface area contributed by atoms with Crippen LogP contribution in [0.5, 0.6) is 5.75 Å². The molecule has 1 spiro atoms. The number of imide groups is 1. The second-order valence-electron chi connectivity index (χ2n) is 22.6. The Labute approximate surface area is 469 Å². The molecule has 3 aliphatic rings. The number of H-pyrrole nitrogens is 1. The molecule has 18 nitrogen and oxygen atoms in total. The number of halogens is 2. The smallest absolute Gasteiger partial charge is 0.410 e. The Morgan fingerprint density at radius 2 is 1.56 bits per heavy atom. The van der Waals surface area contributed by atoms with Gasteiger partial charge in [-0.05, 0) is 170 Å². The number of aromatic nitrogens is 3. The summed E-state index contributed by atoms with van der Waals surface area (Å²) in [5.41, 5.74) is 3.84. The summed E-state index contributed by atoms with van der Waals surface area (Å²) in [5.74, 6) is -3.07. The van der Waals surface area contributed by atoms with E-state index in [1.807, 2.05) is 11.0 Å². The van der Waals surface area contributed by atoms with Gasteiger partial charge in [-0.15, -0.1) is 0 Å². The molecular weight excluding hydrogens is 1040 g/mol. The molecule has 5 heterocycles. The molecule has 0 atom stereocenters. The molecule has 6 amide bonds. The van der Waals surface area contributed by atoms with Crippen molar-refractivity contribution in [2.45, 2.75) is 98.2 Å². The van der Waals surface area contributed by atoms with Crippen LogP contribution in [-0.2, 0) is 31.1 Å². The fourth-order valence-corrected chi connectivity index (χ4v) is 10.9. The molecule has 0 saturated carbocycles. The van der Waals surface area contributed by atoms with Crippen molar-refractivity contribution in [3.8, 4) is 28.3 Å². The van der Waals surface area contributed by atoms with Crippen LogP contribution < -0.4 is 20.3 Å². The lowest BCUT2D eigenvalue weighted by Crippen LogP contribution is -2.50. The van der Waals surface area contributed by atoms with Gasteiger partial charge in [-0.2, -0.15) is 0 Å². The van der Waals surface area contributed by atoms with Crippen LogP contribution in [0, 0.1) is 24.0 Å². The van der Waals surface area contributed by atoms with Crippen molar-refractivity contribution in [3.63, 3.8) is 0 Å². The highest BCUT2D eigenvalue weighted by atomic mass is 19.1. The van der Waals surface area contributed by atoms with Crippen molar-refractivity contribution in [1.29, 1.82) is 0 Å². The molecule has 4 aromatic carbocycles. The second-order valence-corrected chi connectivity index (χ2v) is 22.6. The van der Waals surface area contributed by atoms with Gasteiger partial charge in [0.15, 0.2) is 0 Å². The summed E-state index contributed by atoms with van der Waals surface area (Å²) in [5, 5.41) is 5.65. The fraction of sp³-hybridized carbons (Fsp3) is 0.410. The highest BCUT2D eigenvalue weighted by molar-refractivity contribution is 6.08. The lowest BCUT2D eigenvalue weighted by Gasteiger charge is -2.47. The highest BCUT2D eigenvalue weighted by Crippen LogP contribution is 2.42. The monoisotopic (exact) mass is 1110 g/mol. The van der Waals surface area contributed by atoms with E-state index >= 15 is 8.78 Å². The molecule has 6 aromatic rings. The number of methoxy groups -OCH3 is 1. The minimum atomic E-state index is -1.34. The van der Waals surface area contributed by atoms with Crippen molar-refractivity contribution in [2.24, 2.45) is 5.41 Å². The molecule has 3 aliphatic heterocycles. The van der Waals surface area contributed by atoms with Crippen LogP contribution in [0.15, 0.2) is 85.2 Å². The maximum Gasteiger partial charge on any atom is 0.410 e. The van der Waals surface area contributed by atoms with Crippen LogP contribution in [0.2, 0.25) is 0 Å². The molecule has 20 heteroatoms. The first-order valence-electron chi connectivity index (χ1n) is 27.4. The van der Waals surface area contributed by atoms with E-state index in [1.54, 1.807) is 66.7 Å². The molecule has 426 valence electrons. The van der Waals surface area contributed by atoms with Crippen LogP contribution in [-0.4, -0.2) is 131 Å². The fourth-order valence-electron chi connectivity index (χ4n) is 10.9. The number of carbonyl (C=O) groups excluding carboxylic acids is 6. The average Bonchev–Trinajstić information content (AvgIpc) is 4.18. The summed E-state index contributed by atoms with van der Waals surface area (Å²) in [6, 6.07) is 21.2. The Hall–Kier alpha value is -8.26. The maximum absolute atomic E-state index is 15.8. The van der Waals surface area contributed by atoms with E-state index in [4.69, 9.17) is 14.2 Å². The number of urea groups is 1. The zero-order valence-electron chi connectivity index (χ0n) is 47.1. The number of amides is 6. The Bertz CT molecular complexity index is 3390. The number of esters is 1. The van der Waals surface area contributed by atoms with Gasteiger partial charge in [0.25, 0.3) is 11.8 Å². The molecule has 9 rings (SSSR count). The van der Waals surface area contributed by atoms with Crippen molar-refractivity contribution in [2.75, 3.05) is 69.7 Å². The lowest BCUT2D eigenvalue weighted by atomic mass is 9.71. The Morgan fingerprint density at radius 3 is 2.22 bits per heavy atom. The lowest BCUT2D eigenvalue weighted by molar-refractivity contribution is -0.158. The third-order valence-electron chi connectivity index (χ3n) is 15.7. The van der Waals surface area contributed by atoms with Crippen LogP contribution >= 0.6 is 0 Å². The molecule has 3 saturated heterocycles. The van der Waals surface area contributed by atoms with Gasteiger partial charge < -0.3 is 34.3 Å². The van der Waals surface area contributed by atoms with Crippen molar-refractivity contribution in [1.82, 2.24) is 35.0 Å². The van der Waals surface area contributed by atoms with Gasteiger partial charge in [-0.25, -0.2) is 28.3 Å². The predicted octanol–water partition coefficient (Wildman–Crippen LogP) is 10.2. The Kier molecular flexibility index (Phi) is 16.6. The summed E-state index contributed by atoms with van der Waals surface area (Å²) in [6.45, 7) is 15.9. The minimum Gasteiger partial charge on any atom is -0.495 e. The van der Waals surface area contributed by atoms with Gasteiger partial charge in [-0.1, -0.05) is 30.3 Å². The van der Waals surface area contributed by atoms with E-state index in [0.29, 0.717) is 57.9 Å². The topological polar surface area (TPSA) is 209 Å². The number of nitrogens with one attached hydrogen (secondary N) is 3. The number of hydrogen-bond donors (Lipinski definition) is 3. The quantitative estimate of drug-likeness (QED) is 0.0821. The molecule has 3 N–H and O–H groups in total.